The van der Waals surface area contributed by atoms with Crippen LogP contribution in [0.5, 0.6) is 0 Å². The minimum Gasteiger partial charge on any atom is -0.355 e. The van der Waals surface area contributed by atoms with E-state index >= 15 is 0 Å². The zero-order valence-electron chi connectivity index (χ0n) is 15.0. The molecule has 1 aromatic carbocycles. The summed E-state index contributed by atoms with van der Waals surface area (Å²) in [6.45, 7) is 2.39. The molecule has 2 heterocycles. The van der Waals surface area contributed by atoms with Crippen LogP contribution >= 0.6 is 11.6 Å². The average Bonchev–Trinajstić information content (AvgIpc) is 3.50. The SMILES string of the molecule is CN(c1ccnc(C2CC2)n1)C1CCCN(Cc2c(F)cccc2Cl)C1. The van der Waals surface area contributed by atoms with Gasteiger partial charge in [0, 0.05) is 48.9 Å². The summed E-state index contributed by atoms with van der Waals surface area (Å²) in [5.74, 6) is 2.28. The molecule has 2 aromatic rings. The number of hydrogen-bond donors (Lipinski definition) is 0. The zero-order chi connectivity index (χ0) is 18.1. The van der Waals surface area contributed by atoms with Gasteiger partial charge in [0.1, 0.15) is 17.5 Å². The minimum atomic E-state index is -0.224. The van der Waals surface area contributed by atoms with Crippen LogP contribution < -0.4 is 4.90 Å². The molecule has 0 spiro atoms. The van der Waals surface area contributed by atoms with E-state index < -0.39 is 0 Å². The lowest BCUT2D eigenvalue weighted by Gasteiger charge is -2.38. The number of benzene rings is 1. The summed E-state index contributed by atoms with van der Waals surface area (Å²) < 4.78 is 14.1. The first-order valence-corrected chi connectivity index (χ1v) is 9.70. The van der Waals surface area contributed by atoms with E-state index in [9.17, 15) is 4.39 Å². The highest BCUT2D eigenvalue weighted by molar-refractivity contribution is 6.31. The lowest BCUT2D eigenvalue weighted by Crippen LogP contribution is -2.46. The Bertz CT molecular complexity index is 760. The molecule has 1 aliphatic carbocycles. The lowest BCUT2D eigenvalue weighted by atomic mass is 10.0. The van der Waals surface area contributed by atoms with Crippen molar-refractivity contribution in [1.82, 2.24) is 14.9 Å². The molecule has 4 nitrogen and oxygen atoms in total. The summed E-state index contributed by atoms with van der Waals surface area (Å²) in [5.41, 5.74) is 0.593. The maximum absolute atomic E-state index is 14.1. The third kappa shape index (κ3) is 3.84. The molecule has 1 aliphatic heterocycles. The van der Waals surface area contributed by atoms with E-state index in [1.165, 1.54) is 18.9 Å². The van der Waals surface area contributed by atoms with E-state index in [1.54, 1.807) is 12.1 Å². The Morgan fingerprint density at radius 3 is 2.88 bits per heavy atom. The molecule has 1 atom stereocenters. The first-order chi connectivity index (χ1) is 12.6. The van der Waals surface area contributed by atoms with Crippen molar-refractivity contribution in [3.63, 3.8) is 0 Å². The molecule has 1 saturated heterocycles. The second-order valence-corrected chi connectivity index (χ2v) is 7.80. The average molecular weight is 375 g/mol. The van der Waals surface area contributed by atoms with Crippen LogP contribution in [0.3, 0.4) is 0 Å². The van der Waals surface area contributed by atoms with Gasteiger partial charge in [0.25, 0.3) is 0 Å². The highest BCUT2D eigenvalue weighted by Gasteiger charge is 2.29. The Labute approximate surface area is 159 Å². The number of hydrogen-bond acceptors (Lipinski definition) is 4. The van der Waals surface area contributed by atoms with Crippen molar-refractivity contribution in [2.24, 2.45) is 0 Å². The molecule has 6 heteroatoms. The van der Waals surface area contributed by atoms with Gasteiger partial charge in [-0.15, -0.1) is 0 Å². The number of piperidine rings is 1. The van der Waals surface area contributed by atoms with Gasteiger partial charge in [0.15, 0.2) is 0 Å². The molecule has 2 fully saturated rings. The first kappa shape index (κ1) is 17.7. The predicted octanol–water partition coefficient (Wildman–Crippen LogP) is 4.25. The molecule has 26 heavy (non-hydrogen) atoms. The number of anilines is 1. The van der Waals surface area contributed by atoms with Crippen LogP contribution in [0.4, 0.5) is 10.2 Å². The molecule has 0 radical (unpaired) electrons. The van der Waals surface area contributed by atoms with Crippen molar-refractivity contribution >= 4 is 17.4 Å². The lowest BCUT2D eigenvalue weighted by molar-refractivity contribution is 0.196. The van der Waals surface area contributed by atoms with Crippen molar-refractivity contribution in [3.05, 3.63) is 52.7 Å². The van der Waals surface area contributed by atoms with Crippen LogP contribution in [0, 0.1) is 5.82 Å². The smallest absolute Gasteiger partial charge is 0.133 e. The van der Waals surface area contributed by atoms with E-state index in [2.05, 4.69) is 21.8 Å². The molecule has 1 saturated carbocycles. The molecule has 2 aliphatic rings. The van der Waals surface area contributed by atoms with Crippen molar-refractivity contribution in [1.29, 1.82) is 0 Å². The van der Waals surface area contributed by atoms with Crippen LogP contribution in [0.15, 0.2) is 30.5 Å². The summed E-state index contributed by atoms with van der Waals surface area (Å²) in [6.07, 6.45) is 6.47. The Morgan fingerprint density at radius 2 is 2.12 bits per heavy atom. The standard InChI is InChI=1S/C20H24ClFN4/c1-25(19-9-10-23-20(24-19)14-7-8-14)15-4-3-11-26(12-15)13-16-17(21)5-2-6-18(16)22/h2,5-6,9-10,14-15H,3-4,7-8,11-13H2,1H3. The third-order valence-corrected chi connectivity index (χ3v) is 5.79. The Hall–Kier alpha value is -1.72. The number of halogens is 2. The highest BCUT2D eigenvalue weighted by atomic mass is 35.5. The third-order valence-electron chi connectivity index (χ3n) is 5.44. The monoisotopic (exact) mass is 374 g/mol. The number of rotatable bonds is 5. The number of likely N-dealkylation sites (tertiary alicyclic amines) is 1. The van der Waals surface area contributed by atoms with Crippen molar-refractivity contribution in [3.8, 4) is 0 Å². The van der Waals surface area contributed by atoms with Gasteiger partial charge < -0.3 is 4.90 Å². The predicted molar refractivity (Wildman–Crippen MR) is 102 cm³/mol. The molecule has 0 bridgehead atoms. The van der Waals surface area contributed by atoms with Gasteiger partial charge >= 0.3 is 0 Å². The Kier molecular flexibility index (Phi) is 5.09. The van der Waals surface area contributed by atoms with Gasteiger partial charge in [-0.2, -0.15) is 0 Å². The van der Waals surface area contributed by atoms with Crippen LogP contribution in [0.1, 0.15) is 43.0 Å². The van der Waals surface area contributed by atoms with Crippen molar-refractivity contribution in [2.75, 3.05) is 25.0 Å². The molecule has 0 N–H and O–H groups in total. The minimum absolute atomic E-state index is 0.224. The second-order valence-electron chi connectivity index (χ2n) is 7.39. The maximum atomic E-state index is 14.1. The fourth-order valence-electron chi connectivity index (χ4n) is 3.68. The second kappa shape index (κ2) is 7.49. The summed E-state index contributed by atoms with van der Waals surface area (Å²) in [7, 11) is 2.10. The Balaban J connectivity index is 1.45. The van der Waals surface area contributed by atoms with Crippen LogP contribution in [-0.4, -0.2) is 41.0 Å². The molecule has 138 valence electrons. The zero-order valence-corrected chi connectivity index (χ0v) is 15.8. The topological polar surface area (TPSA) is 32.3 Å². The molecule has 4 rings (SSSR count). The van der Waals surface area contributed by atoms with E-state index in [1.807, 2.05) is 12.3 Å². The number of nitrogens with zero attached hydrogens (tertiary/aromatic N) is 4. The first-order valence-electron chi connectivity index (χ1n) is 9.33. The summed E-state index contributed by atoms with van der Waals surface area (Å²) in [6, 6.07) is 7.23. The van der Waals surface area contributed by atoms with Gasteiger partial charge in [-0.25, -0.2) is 14.4 Å². The van der Waals surface area contributed by atoms with Crippen LogP contribution in [0.25, 0.3) is 0 Å². The quantitative estimate of drug-likeness (QED) is 0.783. The van der Waals surface area contributed by atoms with Gasteiger partial charge in [-0.05, 0) is 50.4 Å². The van der Waals surface area contributed by atoms with Crippen LogP contribution in [-0.2, 0) is 6.54 Å². The van der Waals surface area contributed by atoms with E-state index in [0.29, 0.717) is 29.1 Å². The van der Waals surface area contributed by atoms with Crippen molar-refractivity contribution < 1.29 is 4.39 Å². The molecular formula is C20H24ClFN4. The number of aromatic nitrogens is 2. The maximum Gasteiger partial charge on any atom is 0.133 e. The van der Waals surface area contributed by atoms with E-state index in [4.69, 9.17) is 16.6 Å². The fraction of sp³-hybridized carbons (Fsp3) is 0.500. The molecule has 0 amide bonds. The molecule has 1 unspecified atom stereocenters. The summed E-state index contributed by atoms with van der Waals surface area (Å²) in [4.78, 5) is 13.7. The summed E-state index contributed by atoms with van der Waals surface area (Å²) >= 11 is 6.20. The van der Waals surface area contributed by atoms with Gasteiger partial charge in [0.2, 0.25) is 0 Å². The largest absolute Gasteiger partial charge is 0.355 e. The van der Waals surface area contributed by atoms with Crippen molar-refractivity contribution in [2.45, 2.75) is 44.2 Å². The molecular weight excluding hydrogens is 351 g/mol. The van der Waals surface area contributed by atoms with Crippen LogP contribution in [0.2, 0.25) is 5.02 Å². The number of likely N-dealkylation sites (N-methyl/N-ethyl adjacent to an activating group) is 1. The van der Waals surface area contributed by atoms with Gasteiger partial charge in [-0.3, -0.25) is 4.90 Å². The van der Waals surface area contributed by atoms with Gasteiger partial charge in [0.05, 0.1) is 0 Å². The fourth-order valence-corrected chi connectivity index (χ4v) is 3.91. The van der Waals surface area contributed by atoms with Gasteiger partial charge in [-0.1, -0.05) is 17.7 Å². The van der Waals surface area contributed by atoms with E-state index in [-0.39, 0.29) is 5.82 Å². The van der Waals surface area contributed by atoms with E-state index in [0.717, 1.165) is 37.6 Å². The summed E-state index contributed by atoms with van der Waals surface area (Å²) in [5, 5.41) is 0.505. The normalized spacial score (nSPS) is 21.0. The molecule has 1 aromatic heterocycles. The highest BCUT2D eigenvalue weighted by Crippen LogP contribution is 2.38. The Morgan fingerprint density at radius 1 is 1.27 bits per heavy atom.